The predicted molar refractivity (Wildman–Crippen MR) is 98.8 cm³/mol. The molecule has 1 aliphatic rings. The van der Waals surface area contributed by atoms with E-state index in [1.807, 2.05) is 6.07 Å². The second-order valence-electron chi connectivity index (χ2n) is 6.34. The number of benzene rings is 2. The third-order valence-electron chi connectivity index (χ3n) is 4.27. The van der Waals surface area contributed by atoms with Gasteiger partial charge >= 0.3 is 0 Å². The van der Waals surface area contributed by atoms with Gasteiger partial charge in [0.1, 0.15) is 5.82 Å². The molecule has 2 nitrogen and oxygen atoms in total. The van der Waals surface area contributed by atoms with E-state index in [1.165, 1.54) is 17.2 Å². The molecule has 4 heteroatoms. The predicted octanol–water partition coefficient (Wildman–Crippen LogP) is 4.98. The average Bonchev–Trinajstić information content (AvgIpc) is 2.46. The minimum Gasteiger partial charge on any atom is -0.332 e. The molecule has 0 fully saturated rings. The molecular formula is C19H21FN2S. The summed E-state index contributed by atoms with van der Waals surface area (Å²) in [6.45, 7) is 6.30. The second-order valence-corrected chi connectivity index (χ2v) is 6.72. The normalized spacial score (nSPS) is 16.9. The van der Waals surface area contributed by atoms with Gasteiger partial charge in [0.2, 0.25) is 0 Å². The summed E-state index contributed by atoms with van der Waals surface area (Å²) in [6, 6.07) is 11.5. The monoisotopic (exact) mass is 328 g/mol. The lowest BCUT2D eigenvalue weighted by atomic mass is 9.97. The van der Waals surface area contributed by atoms with Gasteiger partial charge in [0.25, 0.3) is 0 Å². The fraction of sp³-hybridized carbons (Fsp3) is 0.316. The lowest BCUT2D eigenvalue weighted by Gasteiger charge is -2.37. The van der Waals surface area contributed by atoms with Crippen LogP contribution in [0.5, 0.6) is 0 Å². The first-order chi connectivity index (χ1) is 10.9. The highest BCUT2D eigenvalue weighted by molar-refractivity contribution is 7.80. The Morgan fingerprint density at radius 3 is 2.57 bits per heavy atom. The molecule has 2 aromatic carbocycles. The van der Waals surface area contributed by atoms with Gasteiger partial charge < -0.3 is 10.2 Å². The van der Waals surface area contributed by atoms with Crippen LogP contribution in [0.2, 0.25) is 0 Å². The van der Waals surface area contributed by atoms with Gasteiger partial charge in [-0.05, 0) is 92.9 Å². The van der Waals surface area contributed by atoms with E-state index in [0.29, 0.717) is 11.2 Å². The maximum absolute atomic E-state index is 13.5. The van der Waals surface area contributed by atoms with Gasteiger partial charge in [-0.15, -0.1) is 0 Å². The third kappa shape index (κ3) is 3.37. The number of thiocarbonyl (C=S) groups is 1. The highest BCUT2D eigenvalue weighted by Crippen LogP contribution is 2.32. The molecular weight excluding hydrogens is 307 g/mol. The Morgan fingerprint density at radius 2 is 1.87 bits per heavy atom. The zero-order valence-electron chi connectivity index (χ0n) is 13.7. The van der Waals surface area contributed by atoms with E-state index in [2.05, 4.69) is 49.2 Å². The van der Waals surface area contributed by atoms with Gasteiger partial charge in [-0.2, -0.15) is 0 Å². The Kier molecular flexibility index (Phi) is 4.35. The Hall–Kier alpha value is -1.94. The molecule has 0 radical (unpaired) electrons. The zero-order valence-corrected chi connectivity index (χ0v) is 14.5. The van der Waals surface area contributed by atoms with Crippen molar-refractivity contribution in [1.82, 2.24) is 0 Å². The first kappa shape index (κ1) is 15.9. The van der Waals surface area contributed by atoms with Crippen molar-refractivity contribution in [3.05, 3.63) is 58.9 Å². The van der Waals surface area contributed by atoms with Crippen LogP contribution >= 0.6 is 12.2 Å². The Labute approximate surface area is 142 Å². The van der Waals surface area contributed by atoms with Crippen LogP contribution in [0.3, 0.4) is 0 Å². The van der Waals surface area contributed by atoms with E-state index >= 15 is 0 Å². The molecule has 1 aliphatic heterocycles. The molecule has 2 aromatic rings. The highest BCUT2D eigenvalue weighted by Gasteiger charge is 2.26. The molecule has 1 heterocycles. The topological polar surface area (TPSA) is 15.3 Å². The summed E-state index contributed by atoms with van der Waals surface area (Å²) in [5.74, 6) is -0.188. The number of rotatable bonds is 1. The van der Waals surface area contributed by atoms with Crippen LogP contribution in [0, 0.1) is 19.7 Å². The van der Waals surface area contributed by atoms with E-state index in [1.54, 1.807) is 6.07 Å². The van der Waals surface area contributed by atoms with E-state index in [9.17, 15) is 4.39 Å². The molecule has 0 amide bonds. The van der Waals surface area contributed by atoms with Crippen LogP contribution in [0.25, 0.3) is 0 Å². The molecule has 0 saturated heterocycles. The second kappa shape index (κ2) is 6.28. The van der Waals surface area contributed by atoms with Gasteiger partial charge in [-0.1, -0.05) is 6.07 Å². The molecule has 0 spiro atoms. The van der Waals surface area contributed by atoms with Crippen LogP contribution < -0.4 is 10.2 Å². The van der Waals surface area contributed by atoms with Crippen LogP contribution in [0.1, 0.15) is 30.0 Å². The summed E-state index contributed by atoms with van der Waals surface area (Å²) >= 11 is 5.65. The van der Waals surface area contributed by atoms with Gasteiger partial charge in [0, 0.05) is 17.4 Å². The van der Waals surface area contributed by atoms with Gasteiger partial charge in [-0.3, -0.25) is 0 Å². The summed E-state index contributed by atoms with van der Waals surface area (Å²) in [7, 11) is 0. The van der Waals surface area contributed by atoms with Crippen molar-refractivity contribution in [2.45, 2.75) is 39.7 Å². The zero-order chi connectivity index (χ0) is 16.6. The summed E-state index contributed by atoms with van der Waals surface area (Å²) in [4.78, 5) is 2.10. The first-order valence-corrected chi connectivity index (χ1v) is 8.32. The molecule has 0 aromatic heterocycles. The number of hydrogen-bond donors (Lipinski definition) is 1. The summed E-state index contributed by atoms with van der Waals surface area (Å²) < 4.78 is 13.5. The van der Waals surface area contributed by atoms with E-state index < -0.39 is 0 Å². The fourth-order valence-electron chi connectivity index (χ4n) is 3.26. The molecule has 0 bridgehead atoms. The minimum atomic E-state index is -0.188. The molecule has 3 rings (SSSR count). The Morgan fingerprint density at radius 1 is 1.17 bits per heavy atom. The number of nitrogens with zero attached hydrogens (tertiary/aromatic N) is 1. The van der Waals surface area contributed by atoms with Crippen molar-refractivity contribution < 1.29 is 4.39 Å². The van der Waals surface area contributed by atoms with Crippen LogP contribution in [-0.4, -0.2) is 11.2 Å². The summed E-state index contributed by atoms with van der Waals surface area (Å²) in [5.41, 5.74) is 5.42. The van der Waals surface area contributed by atoms with Crippen molar-refractivity contribution >= 4 is 28.7 Å². The molecule has 0 aliphatic carbocycles. The number of halogens is 1. The minimum absolute atomic E-state index is 0.188. The number of hydrogen-bond acceptors (Lipinski definition) is 1. The Bertz CT molecular complexity index is 737. The third-order valence-corrected chi connectivity index (χ3v) is 4.56. The quantitative estimate of drug-likeness (QED) is 0.743. The lowest BCUT2D eigenvalue weighted by Crippen LogP contribution is -2.44. The van der Waals surface area contributed by atoms with Crippen LogP contribution in [0.15, 0.2) is 36.4 Å². The first-order valence-electron chi connectivity index (χ1n) is 7.91. The number of fused-ring (bicyclic) bond motifs is 1. The number of anilines is 2. The van der Waals surface area contributed by atoms with E-state index in [4.69, 9.17) is 12.2 Å². The maximum Gasteiger partial charge on any atom is 0.178 e. The standard InChI is InChI=1S/C19H21FN2S/c1-12-8-13(2)10-17(9-12)21-19(23)22-14(3)4-5-15-11-16(20)6-7-18(15)22/h6-11,14H,4-5H2,1-3H3,(H,21,23). The van der Waals surface area contributed by atoms with Crippen molar-refractivity contribution in [2.24, 2.45) is 0 Å². The molecule has 1 N–H and O–H groups in total. The smallest absolute Gasteiger partial charge is 0.178 e. The molecule has 120 valence electrons. The lowest BCUT2D eigenvalue weighted by molar-refractivity contribution is 0.604. The van der Waals surface area contributed by atoms with Crippen LogP contribution in [0.4, 0.5) is 15.8 Å². The van der Waals surface area contributed by atoms with E-state index in [-0.39, 0.29) is 5.82 Å². The van der Waals surface area contributed by atoms with Gasteiger partial charge in [0.15, 0.2) is 5.11 Å². The summed E-state index contributed by atoms with van der Waals surface area (Å²) in [5, 5.41) is 4.00. The largest absolute Gasteiger partial charge is 0.332 e. The molecule has 23 heavy (non-hydrogen) atoms. The molecule has 1 atom stereocenters. The van der Waals surface area contributed by atoms with Crippen molar-refractivity contribution in [3.63, 3.8) is 0 Å². The fourth-order valence-corrected chi connectivity index (χ4v) is 3.66. The molecule has 0 saturated carbocycles. The van der Waals surface area contributed by atoms with Crippen molar-refractivity contribution in [3.8, 4) is 0 Å². The van der Waals surface area contributed by atoms with Crippen LogP contribution in [-0.2, 0) is 6.42 Å². The number of aryl methyl sites for hydroxylation is 3. The van der Waals surface area contributed by atoms with Crippen molar-refractivity contribution in [1.29, 1.82) is 0 Å². The number of nitrogens with one attached hydrogen (secondary N) is 1. The average molecular weight is 328 g/mol. The maximum atomic E-state index is 13.5. The van der Waals surface area contributed by atoms with Gasteiger partial charge in [0.05, 0.1) is 0 Å². The highest BCUT2D eigenvalue weighted by atomic mass is 32.1. The Balaban J connectivity index is 1.90. The SMILES string of the molecule is Cc1cc(C)cc(NC(=S)N2c3ccc(F)cc3CCC2C)c1. The van der Waals surface area contributed by atoms with Crippen molar-refractivity contribution in [2.75, 3.05) is 10.2 Å². The summed E-state index contributed by atoms with van der Waals surface area (Å²) in [6.07, 6.45) is 1.85. The van der Waals surface area contributed by atoms with E-state index in [0.717, 1.165) is 29.8 Å². The molecule has 1 unspecified atom stereocenters. The van der Waals surface area contributed by atoms with Gasteiger partial charge in [-0.25, -0.2) is 4.39 Å².